The number of nitrogens with one attached hydrogen (secondary N) is 1. The molecule has 3 rings (SSSR count). The van der Waals surface area contributed by atoms with E-state index < -0.39 is 21.2 Å². The van der Waals surface area contributed by atoms with Crippen molar-refractivity contribution in [2.24, 2.45) is 5.92 Å². The van der Waals surface area contributed by atoms with Crippen molar-refractivity contribution in [2.75, 3.05) is 18.0 Å². The lowest BCUT2D eigenvalue weighted by molar-refractivity contribution is 0.0980. The van der Waals surface area contributed by atoms with Crippen molar-refractivity contribution in [3.63, 3.8) is 0 Å². The van der Waals surface area contributed by atoms with Gasteiger partial charge >= 0.3 is 0 Å². The minimum absolute atomic E-state index is 0.350. The van der Waals surface area contributed by atoms with Crippen LogP contribution in [0.5, 0.6) is 0 Å². The first-order valence-electron chi connectivity index (χ1n) is 9.22. The highest BCUT2D eigenvalue weighted by Gasteiger charge is 2.29. The van der Waals surface area contributed by atoms with Gasteiger partial charge in [0.2, 0.25) is 10.0 Å². The third-order valence-corrected chi connectivity index (χ3v) is 7.03. The number of anilines is 1. The molecule has 0 radical (unpaired) electrons. The zero-order valence-electron chi connectivity index (χ0n) is 14.8. The van der Waals surface area contributed by atoms with Gasteiger partial charge in [-0.05, 0) is 43.7 Å². The Morgan fingerprint density at radius 3 is 2.68 bits per heavy atom. The summed E-state index contributed by atoms with van der Waals surface area (Å²) in [4.78, 5) is 19.0. The fourth-order valence-corrected chi connectivity index (χ4v) is 5.27. The van der Waals surface area contributed by atoms with E-state index in [0.29, 0.717) is 24.3 Å². The molecule has 1 amide bonds. The fraction of sp³-hybridized carbons (Fsp3) is 0.667. The number of carbonyl (C=O) groups excluding carboxylic acids is 1. The molecule has 2 fully saturated rings. The van der Waals surface area contributed by atoms with Crippen LogP contribution >= 0.6 is 0 Å². The van der Waals surface area contributed by atoms with Crippen molar-refractivity contribution >= 4 is 21.7 Å². The standard InChI is InChI=1S/C18H27N3O3S/c1-14-6-5-11-21(13-14)17-12-15(9-10-19-17)18(22)20-25(23,24)16-7-3-2-4-8-16/h9-10,12,14,16H,2-8,11,13H2,1H3,(H,20,22). The number of sulfonamides is 1. The van der Waals surface area contributed by atoms with Crippen molar-refractivity contribution in [1.82, 2.24) is 9.71 Å². The molecule has 0 aromatic carbocycles. The first-order chi connectivity index (χ1) is 12.0. The normalized spacial score (nSPS) is 22.6. The van der Waals surface area contributed by atoms with Gasteiger partial charge in [-0.25, -0.2) is 18.1 Å². The summed E-state index contributed by atoms with van der Waals surface area (Å²) in [7, 11) is -3.61. The zero-order valence-corrected chi connectivity index (χ0v) is 15.6. The molecule has 1 N–H and O–H groups in total. The largest absolute Gasteiger partial charge is 0.356 e. The number of hydrogen-bond donors (Lipinski definition) is 1. The van der Waals surface area contributed by atoms with Crippen molar-refractivity contribution in [3.8, 4) is 0 Å². The Morgan fingerprint density at radius 2 is 1.96 bits per heavy atom. The van der Waals surface area contributed by atoms with Crippen LogP contribution in [0.2, 0.25) is 0 Å². The molecule has 0 spiro atoms. The summed E-state index contributed by atoms with van der Waals surface area (Å²) in [6, 6.07) is 3.27. The second kappa shape index (κ2) is 7.72. The van der Waals surface area contributed by atoms with Crippen molar-refractivity contribution < 1.29 is 13.2 Å². The van der Waals surface area contributed by atoms with Crippen molar-refractivity contribution in [1.29, 1.82) is 0 Å². The smallest absolute Gasteiger partial charge is 0.264 e. The summed E-state index contributed by atoms with van der Waals surface area (Å²) < 4.78 is 27.2. The van der Waals surface area contributed by atoms with Gasteiger partial charge in [-0.2, -0.15) is 0 Å². The maximum atomic E-state index is 12.5. The summed E-state index contributed by atoms with van der Waals surface area (Å²) in [6.45, 7) is 4.04. The van der Waals surface area contributed by atoms with E-state index in [1.54, 1.807) is 18.3 Å². The van der Waals surface area contributed by atoms with E-state index in [1.165, 1.54) is 6.42 Å². The minimum atomic E-state index is -3.61. The van der Waals surface area contributed by atoms with Gasteiger partial charge in [0, 0.05) is 24.8 Å². The Morgan fingerprint density at radius 1 is 1.20 bits per heavy atom. The number of piperidine rings is 1. The van der Waals surface area contributed by atoms with E-state index in [9.17, 15) is 13.2 Å². The predicted octanol–water partition coefficient (Wildman–Crippen LogP) is 2.71. The topological polar surface area (TPSA) is 79.4 Å². The molecule has 25 heavy (non-hydrogen) atoms. The number of carbonyl (C=O) groups is 1. The van der Waals surface area contributed by atoms with Crippen LogP contribution in [-0.2, 0) is 10.0 Å². The molecule has 1 saturated carbocycles. The monoisotopic (exact) mass is 365 g/mol. The number of nitrogens with zero attached hydrogens (tertiary/aromatic N) is 2. The number of aromatic nitrogens is 1. The number of hydrogen-bond acceptors (Lipinski definition) is 5. The average Bonchev–Trinajstić information content (AvgIpc) is 2.62. The van der Waals surface area contributed by atoms with Crippen LogP contribution in [0.15, 0.2) is 18.3 Å². The maximum absolute atomic E-state index is 12.5. The number of rotatable bonds is 4. The minimum Gasteiger partial charge on any atom is -0.356 e. The highest BCUT2D eigenvalue weighted by atomic mass is 32.2. The van der Waals surface area contributed by atoms with E-state index in [0.717, 1.165) is 44.6 Å². The Bertz CT molecular complexity index is 714. The summed E-state index contributed by atoms with van der Waals surface area (Å²) in [5, 5.41) is -0.450. The first kappa shape index (κ1) is 18.2. The van der Waals surface area contributed by atoms with E-state index >= 15 is 0 Å². The highest BCUT2D eigenvalue weighted by molar-refractivity contribution is 7.90. The summed E-state index contributed by atoms with van der Waals surface area (Å²) >= 11 is 0. The van der Waals surface area contributed by atoms with Crippen LogP contribution in [0.1, 0.15) is 62.2 Å². The summed E-state index contributed by atoms with van der Waals surface area (Å²) in [5.41, 5.74) is 0.350. The van der Waals surface area contributed by atoms with Gasteiger partial charge in [-0.1, -0.05) is 26.2 Å². The lowest BCUT2D eigenvalue weighted by Crippen LogP contribution is -2.39. The number of pyridine rings is 1. The lowest BCUT2D eigenvalue weighted by atomic mass is 10.0. The summed E-state index contributed by atoms with van der Waals surface area (Å²) in [6.07, 6.45) is 8.05. The van der Waals surface area contributed by atoms with E-state index in [1.807, 2.05) is 0 Å². The van der Waals surface area contributed by atoms with Gasteiger partial charge in [0.25, 0.3) is 5.91 Å². The van der Waals surface area contributed by atoms with Crippen LogP contribution in [0, 0.1) is 5.92 Å². The fourth-order valence-electron chi connectivity index (χ4n) is 3.78. The van der Waals surface area contributed by atoms with Gasteiger partial charge in [0.05, 0.1) is 5.25 Å². The Balaban J connectivity index is 1.70. The Kier molecular flexibility index (Phi) is 5.61. The lowest BCUT2D eigenvalue weighted by Gasteiger charge is -2.32. The molecular formula is C18H27N3O3S. The maximum Gasteiger partial charge on any atom is 0.264 e. The molecule has 1 unspecified atom stereocenters. The second-order valence-electron chi connectivity index (χ2n) is 7.33. The molecule has 1 aliphatic carbocycles. The number of amides is 1. The third-order valence-electron chi connectivity index (χ3n) is 5.21. The van der Waals surface area contributed by atoms with Gasteiger partial charge in [-0.15, -0.1) is 0 Å². The molecule has 1 aliphatic heterocycles. The van der Waals surface area contributed by atoms with Crippen molar-refractivity contribution in [2.45, 2.75) is 57.1 Å². The van der Waals surface area contributed by atoms with Gasteiger partial charge in [0.1, 0.15) is 5.82 Å². The van der Waals surface area contributed by atoms with Crippen molar-refractivity contribution in [3.05, 3.63) is 23.9 Å². The van der Waals surface area contributed by atoms with Crippen LogP contribution < -0.4 is 9.62 Å². The highest BCUT2D eigenvalue weighted by Crippen LogP contribution is 2.24. The van der Waals surface area contributed by atoms with Crippen LogP contribution in [-0.4, -0.2) is 37.6 Å². The molecule has 7 heteroatoms. The molecule has 1 aromatic heterocycles. The second-order valence-corrected chi connectivity index (χ2v) is 9.29. The molecule has 1 saturated heterocycles. The van der Waals surface area contributed by atoms with E-state index in [2.05, 4.69) is 21.5 Å². The quantitative estimate of drug-likeness (QED) is 0.887. The molecule has 1 atom stereocenters. The molecule has 138 valence electrons. The van der Waals surface area contributed by atoms with Crippen LogP contribution in [0.4, 0.5) is 5.82 Å². The van der Waals surface area contributed by atoms with Gasteiger partial charge in [-0.3, -0.25) is 4.79 Å². The third kappa shape index (κ3) is 4.51. The molecule has 1 aromatic rings. The Hall–Kier alpha value is -1.63. The predicted molar refractivity (Wildman–Crippen MR) is 98.1 cm³/mol. The van der Waals surface area contributed by atoms with Crippen LogP contribution in [0.3, 0.4) is 0 Å². The molecule has 2 aliphatic rings. The SMILES string of the molecule is CC1CCCN(c2cc(C(=O)NS(=O)(=O)C3CCCCC3)ccn2)C1. The van der Waals surface area contributed by atoms with Crippen LogP contribution in [0.25, 0.3) is 0 Å². The zero-order chi connectivity index (χ0) is 17.9. The molecular weight excluding hydrogens is 338 g/mol. The first-order valence-corrected chi connectivity index (χ1v) is 10.8. The molecule has 0 bridgehead atoms. The van der Waals surface area contributed by atoms with E-state index in [4.69, 9.17) is 0 Å². The molecule has 6 nitrogen and oxygen atoms in total. The molecule has 2 heterocycles. The summed E-state index contributed by atoms with van der Waals surface area (Å²) in [5.74, 6) is 0.785. The average molecular weight is 365 g/mol. The van der Waals surface area contributed by atoms with Gasteiger partial charge < -0.3 is 4.90 Å². The van der Waals surface area contributed by atoms with E-state index in [-0.39, 0.29) is 0 Å². The Labute approximate surface area is 150 Å². The van der Waals surface area contributed by atoms with Gasteiger partial charge in [0.15, 0.2) is 0 Å².